The van der Waals surface area contributed by atoms with Crippen LogP contribution in [0.15, 0.2) is 30.3 Å². The van der Waals surface area contributed by atoms with Crippen LogP contribution in [0.25, 0.3) is 0 Å². The van der Waals surface area contributed by atoms with Gasteiger partial charge in [0, 0.05) is 12.1 Å². The second-order valence-electron chi connectivity index (χ2n) is 5.37. The number of hydrogen-bond acceptors (Lipinski definition) is 2. The summed E-state index contributed by atoms with van der Waals surface area (Å²) < 4.78 is 39.5. The van der Waals surface area contributed by atoms with E-state index in [1.54, 1.807) is 13.0 Å². The molecule has 4 nitrogen and oxygen atoms in total. The number of aromatic amines is 1. The van der Waals surface area contributed by atoms with Gasteiger partial charge in [-0.25, -0.2) is 0 Å². The van der Waals surface area contributed by atoms with Crippen molar-refractivity contribution in [2.45, 2.75) is 38.9 Å². The van der Waals surface area contributed by atoms with Crippen LogP contribution in [0.3, 0.4) is 0 Å². The Hall–Kier alpha value is -2.31. The number of rotatable bonds is 5. The summed E-state index contributed by atoms with van der Waals surface area (Å²) in [6.07, 6.45) is -4.22. The van der Waals surface area contributed by atoms with E-state index in [0.717, 1.165) is 17.0 Å². The van der Waals surface area contributed by atoms with E-state index in [1.807, 2.05) is 6.92 Å². The quantitative estimate of drug-likeness (QED) is 0.885. The number of hydrogen-bond donors (Lipinski definition) is 2. The Balaban J connectivity index is 2.04. The van der Waals surface area contributed by atoms with Crippen LogP contribution in [0.2, 0.25) is 0 Å². The van der Waals surface area contributed by atoms with Crippen LogP contribution in [-0.4, -0.2) is 22.3 Å². The zero-order valence-electron chi connectivity index (χ0n) is 12.9. The lowest BCUT2D eigenvalue weighted by atomic mass is 10.0. The average Bonchev–Trinajstić information content (AvgIpc) is 2.81. The number of halogens is 3. The molecular weight excluding hydrogens is 307 g/mol. The highest BCUT2D eigenvalue weighted by atomic mass is 19.4. The van der Waals surface area contributed by atoms with Gasteiger partial charge in [-0.1, -0.05) is 30.3 Å². The summed E-state index contributed by atoms with van der Waals surface area (Å²) in [7, 11) is 0. The normalized spacial score (nSPS) is 12.9. The van der Waals surface area contributed by atoms with Crippen molar-refractivity contribution >= 4 is 5.91 Å². The number of aromatic nitrogens is 2. The zero-order chi connectivity index (χ0) is 17.0. The number of amides is 1. The van der Waals surface area contributed by atoms with E-state index in [-0.39, 0.29) is 12.0 Å². The maximum absolute atomic E-state index is 13.2. The predicted octanol–water partition coefficient (Wildman–Crippen LogP) is 3.38. The lowest BCUT2D eigenvalue weighted by Crippen LogP contribution is -2.38. The number of carbonyl (C=O) groups excluding carboxylic acids is 1. The molecule has 0 aliphatic rings. The molecule has 0 bridgehead atoms. The monoisotopic (exact) mass is 325 g/mol. The van der Waals surface area contributed by atoms with E-state index in [9.17, 15) is 18.0 Å². The van der Waals surface area contributed by atoms with Crippen LogP contribution in [0.5, 0.6) is 0 Å². The van der Waals surface area contributed by atoms with Gasteiger partial charge in [0.05, 0.1) is 5.69 Å². The summed E-state index contributed by atoms with van der Waals surface area (Å²) in [5.74, 6) is -0.642. The Morgan fingerprint density at radius 3 is 2.43 bits per heavy atom. The van der Waals surface area contributed by atoms with Crippen LogP contribution < -0.4 is 5.32 Å². The van der Waals surface area contributed by atoms with Crippen molar-refractivity contribution < 1.29 is 18.0 Å². The first-order valence-electron chi connectivity index (χ1n) is 7.20. The third-order valence-corrected chi connectivity index (χ3v) is 3.65. The molecule has 0 saturated carbocycles. The van der Waals surface area contributed by atoms with Gasteiger partial charge in [0.25, 0.3) is 0 Å². The number of nitrogens with zero attached hydrogens (tertiary/aromatic N) is 1. The molecule has 0 aliphatic carbocycles. The van der Waals surface area contributed by atoms with Gasteiger partial charge in [-0.05, 0) is 31.4 Å². The molecule has 0 unspecified atom stereocenters. The molecule has 1 atom stereocenters. The van der Waals surface area contributed by atoms with Crippen molar-refractivity contribution in [3.63, 3.8) is 0 Å². The summed E-state index contributed by atoms with van der Waals surface area (Å²) in [6, 6.07) is 5.36. The van der Waals surface area contributed by atoms with Gasteiger partial charge in [0.15, 0.2) is 6.04 Å². The molecule has 7 heteroatoms. The molecule has 0 fully saturated rings. The van der Waals surface area contributed by atoms with E-state index < -0.39 is 18.1 Å². The number of carbonyl (C=O) groups is 1. The highest BCUT2D eigenvalue weighted by molar-refractivity contribution is 5.77. The number of nitrogens with one attached hydrogen (secondary N) is 2. The Kier molecular flexibility index (Phi) is 5.08. The molecule has 1 amide bonds. The highest BCUT2D eigenvalue weighted by Gasteiger charge is 2.41. The molecular formula is C16H18F3N3O. The molecule has 2 N–H and O–H groups in total. The first-order chi connectivity index (χ1) is 10.8. The van der Waals surface area contributed by atoms with Gasteiger partial charge >= 0.3 is 6.18 Å². The highest BCUT2D eigenvalue weighted by Crippen LogP contribution is 2.32. The van der Waals surface area contributed by atoms with Crippen LogP contribution in [-0.2, 0) is 11.2 Å². The predicted molar refractivity (Wildman–Crippen MR) is 79.8 cm³/mol. The minimum atomic E-state index is -4.54. The minimum Gasteiger partial charge on any atom is -0.341 e. The average molecular weight is 325 g/mol. The molecule has 0 radical (unpaired) electrons. The first-order valence-corrected chi connectivity index (χ1v) is 7.20. The zero-order valence-corrected chi connectivity index (χ0v) is 12.9. The first kappa shape index (κ1) is 17.1. The SMILES string of the molecule is Cc1n[nH]c(C)c1CCC(=O)N[C@H](c1ccccc1)C(F)(F)F. The van der Waals surface area contributed by atoms with E-state index in [2.05, 4.69) is 15.5 Å². The van der Waals surface area contributed by atoms with Gasteiger partial charge in [-0.2, -0.15) is 18.3 Å². The summed E-state index contributed by atoms with van der Waals surface area (Å²) in [4.78, 5) is 11.9. The third-order valence-electron chi connectivity index (χ3n) is 3.65. The maximum atomic E-state index is 13.2. The third kappa shape index (κ3) is 4.34. The smallest absolute Gasteiger partial charge is 0.341 e. The Morgan fingerprint density at radius 2 is 1.91 bits per heavy atom. The van der Waals surface area contributed by atoms with Crippen molar-refractivity contribution in [3.8, 4) is 0 Å². The second kappa shape index (κ2) is 6.85. The fraction of sp³-hybridized carbons (Fsp3) is 0.375. The number of alkyl halides is 3. The largest absolute Gasteiger partial charge is 0.412 e. The summed E-state index contributed by atoms with van der Waals surface area (Å²) in [5.41, 5.74) is 2.46. The molecule has 1 aromatic heterocycles. The molecule has 1 heterocycles. The van der Waals surface area contributed by atoms with Gasteiger partial charge in [-0.3, -0.25) is 9.89 Å². The topological polar surface area (TPSA) is 57.8 Å². The number of aryl methyl sites for hydroxylation is 2. The van der Waals surface area contributed by atoms with Gasteiger partial charge < -0.3 is 5.32 Å². The Bertz CT molecular complexity index is 645. The lowest BCUT2D eigenvalue weighted by Gasteiger charge is -2.22. The van der Waals surface area contributed by atoms with Crippen molar-refractivity contribution in [1.82, 2.24) is 15.5 Å². The fourth-order valence-corrected chi connectivity index (χ4v) is 2.41. The van der Waals surface area contributed by atoms with Gasteiger partial charge in [0.1, 0.15) is 0 Å². The van der Waals surface area contributed by atoms with Crippen molar-refractivity contribution in [3.05, 3.63) is 52.8 Å². The summed E-state index contributed by atoms with van der Waals surface area (Å²) >= 11 is 0. The van der Waals surface area contributed by atoms with E-state index >= 15 is 0 Å². The van der Waals surface area contributed by atoms with Crippen molar-refractivity contribution in [1.29, 1.82) is 0 Å². The van der Waals surface area contributed by atoms with Crippen molar-refractivity contribution in [2.75, 3.05) is 0 Å². The summed E-state index contributed by atoms with van der Waals surface area (Å²) in [6.45, 7) is 3.61. The molecule has 2 aromatic rings. The maximum Gasteiger partial charge on any atom is 0.412 e. The number of benzene rings is 1. The van der Waals surface area contributed by atoms with E-state index in [4.69, 9.17) is 0 Å². The summed E-state index contributed by atoms with van der Waals surface area (Å²) in [5, 5.41) is 8.88. The molecule has 23 heavy (non-hydrogen) atoms. The van der Waals surface area contributed by atoms with E-state index in [1.165, 1.54) is 24.3 Å². The molecule has 2 rings (SSSR count). The Morgan fingerprint density at radius 1 is 1.26 bits per heavy atom. The lowest BCUT2D eigenvalue weighted by molar-refractivity contribution is -0.163. The molecule has 0 aliphatic heterocycles. The molecule has 124 valence electrons. The van der Waals surface area contributed by atoms with Crippen LogP contribution >= 0.6 is 0 Å². The van der Waals surface area contributed by atoms with Crippen LogP contribution in [0, 0.1) is 13.8 Å². The minimum absolute atomic E-state index is 0.0176. The van der Waals surface area contributed by atoms with Gasteiger partial charge in [-0.15, -0.1) is 0 Å². The molecule has 0 spiro atoms. The molecule has 0 saturated heterocycles. The fourth-order valence-electron chi connectivity index (χ4n) is 2.41. The van der Waals surface area contributed by atoms with Crippen molar-refractivity contribution in [2.24, 2.45) is 0 Å². The van der Waals surface area contributed by atoms with Gasteiger partial charge in [0.2, 0.25) is 5.91 Å². The van der Waals surface area contributed by atoms with Crippen LogP contribution in [0.1, 0.15) is 35.0 Å². The second-order valence-corrected chi connectivity index (χ2v) is 5.37. The Labute approximate surface area is 132 Å². The standard InChI is InChI=1S/C16H18F3N3O/c1-10-13(11(2)22-21-10)8-9-14(23)20-15(16(17,18)19)12-6-4-3-5-7-12/h3-7,15H,8-9H2,1-2H3,(H,20,23)(H,21,22)/t15-/m1/s1. The van der Waals surface area contributed by atoms with Crippen LogP contribution in [0.4, 0.5) is 13.2 Å². The molecule has 1 aromatic carbocycles. The van der Waals surface area contributed by atoms with E-state index in [0.29, 0.717) is 6.42 Å². The number of H-pyrrole nitrogens is 1.